The van der Waals surface area contributed by atoms with Gasteiger partial charge in [-0.3, -0.25) is 14.4 Å². The Labute approximate surface area is 108 Å². The fourth-order valence-corrected chi connectivity index (χ4v) is 1.87. The summed E-state index contributed by atoms with van der Waals surface area (Å²) in [5.41, 5.74) is 0.204. The van der Waals surface area contributed by atoms with Crippen molar-refractivity contribution in [3.05, 3.63) is 11.1 Å². The highest BCUT2D eigenvalue weighted by atomic mass is 32.1. The van der Waals surface area contributed by atoms with Gasteiger partial charge in [0.15, 0.2) is 5.13 Å². The van der Waals surface area contributed by atoms with Gasteiger partial charge in [-0.05, 0) is 0 Å². The van der Waals surface area contributed by atoms with Crippen molar-refractivity contribution in [2.24, 2.45) is 0 Å². The Morgan fingerprint density at radius 3 is 2.67 bits per heavy atom. The van der Waals surface area contributed by atoms with Crippen LogP contribution in [0.1, 0.15) is 17.4 Å². The van der Waals surface area contributed by atoms with Crippen LogP contribution in [0.15, 0.2) is 5.38 Å². The summed E-state index contributed by atoms with van der Waals surface area (Å²) < 4.78 is 0. The van der Waals surface area contributed by atoms with Gasteiger partial charge in [-0.2, -0.15) is 0 Å². The highest BCUT2D eigenvalue weighted by molar-refractivity contribution is 7.14. The lowest BCUT2D eigenvalue weighted by molar-refractivity contribution is -0.121. The Morgan fingerprint density at radius 2 is 2.11 bits per heavy atom. The lowest BCUT2D eigenvalue weighted by Crippen LogP contribution is -2.37. The van der Waals surface area contributed by atoms with E-state index in [1.54, 1.807) is 0 Å². The average molecular weight is 270 g/mol. The number of rotatable bonds is 4. The molecule has 18 heavy (non-hydrogen) atoms. The maximum atomic E-state index is 11.9. The molecule has 0 saturated heterocycles. The van der Waals surface area contributed by atoms with Crippen molar-refractivity contribution in [1.29, 1.82) is 0 Å². The monoisotopic (exact) mass is 270 g/mol. The molecular weight excluding hydrogens is 256 g/mol. The topological polar surface area (TPSA) is 91.4 Å². The van der Waals surface area contributed by atoms with E-state index in [1.807, 2.05) is 0 Å². The van der Waals surface area contributed by atoms with Crippen LogP contribution < -0.4 is 10.6 Å². The molecule has 3 amide bonds. The summed E-state index contributed by atoms with van der Waals surface area (Å²) in [5, 5.41) is 6.81. The molecule has 1 aromatic rings. The molecule has 98 valence electrons. The van der Waals surface area contributed by atoms with E-state index < -0.39 is 0 Å². The molecule has 0 fully saturated rings. The van der Waals surface area contributed by atoms with E-state index in [-0.39, 0.29) is 30.0 Å². The number of anilines is 1. The maximum absolute atomic E-state index is 11.9. The van der Waals surface area contributed by atoms with Gasteiger partial charge in [0.1, 0.15) is 5.69 Å². The minimum absolute atomic E-state index is 0.0394. The van der Waals surface area contributed by atoms with Crippen LogP contribution in [0.2, 0.25) is 0 Å². The zero-order valence-electron chi connectivity index (χ0n) is 10.3. The molecule has 0 aliphatic carbocycles. The molecule has 0 radical (unpaired) electrons. The van der Waals surface area contributed by atoms with Crippen LogP contribution in [0, 0.1) is 0 Å². The first-order valence-corrected chi connectivity index (χ1v) is 6.01. The van der Waals surface area contributed by atoms with Gasteiger partial charge in [-0.15, -0.1) is 11.3 Å². The van der Waals surface area contributed by atoms with Crippen molar-refractivity contribution in [2.45, 2.75) is 6.92 Å². The number of likely N-dealkylation sites (N-methyl/N-ethyl adjacent to an activating group) is 2. The zero-order valence-corrected chi connectivity index (χ0v) is 11.1. The van der Waals surface area contributed by atoms with Crippen LogP contribution in [0.25, 0.3) is 0 Å². The second kappa shape index (κ2) is 6.10. The van der Waals surface area contributed by atoms with Gasteiger partial charge in [-0.25, -0.2) is 4.98 Å². The van der Waals surface area contributed by atoms with Crippen molar-refractivity contribution in [3.8, 4) is 0 Å². The maximum Gasteiger partial charge on any atom is 0.273 e. The van der Waals surface area contributed by atoms with Crippen molar-refractivity contribution in [1.82, 2.24) is 15.2 Å². The molecule has 1 heterocycles. The number of aromatic nitrogens is 1. The number of nitrogens with one attached hydrogen (secondary N) is 2. The fourth-order valence-electron chi connectivity index (χ4n) is 1.14. The number of amides is 3. The third-order valence-electron chi connectivity index (χ3n) is 2.01. The van der Waals surface area contributed by atoms with Gasteiger partial charge in [0.2, 0.25) is 11.8 Å². The summed E-state index contributed by atoms with van der Waals surface area (Å²) in [7, 11) is 3.01. The van der Waals surface area contributed by atoms with E-state index in [2.05, 4.69) is 15.6 Å². The Kier molecular flexibility index (Phi) is 4.78. The fraction of sp³-hybridized carbons (Fsp3) is 0.400. The highest BCUT2D eigenvalue weighted by Gasteiger charge is 2.17. The number of thiazole rings is 1. The molecule has 0 aliphatic heterocycles. The van der Waals surface area contributed by atoms with Crippen molar-refractivity contribution in [2.75, 3.05) is 26.0 Å². The van der Waals surface area contributed by atoms with Crippen LogP contribution in [0.3, 0.4) is 0 Å². The number of carbonyl (C=O) groups is 3. The summed E-state index contributed by atoms with van der Waals surface area (Å²) in [4.78, 5) is 39.0. The molecule has 1 aromatic heterocycles. The van der Waals surface area contributed by atoms with Gasteiger partial charge in [0, 0.05) is 26.4 Å². The lowest BCUT2D eigenvalue weighted by Gasteiger charge is -2.14. The minimum atomic E-state index is -0.369. The van der Waals surface area contributed by atoms with Crippen LogP contribution in [-0.2, 0) is 9.59 Å². The second-order valence-corrected chi connectivity index (χ2v) is 4.41. The Bertz CT molecular complexity index is 471. The summed E-state index contributed by atoms with van der Waals surface area (Å²) in [6.07, 6.45) is 0. The number of carbonyl (C=O) groups excluding carboxylic acids is 3. The molecule has 8 heteroatoms. The van der Waals surface area contributed by atoms with Crippen LogP contribution in [0.4, 0.5) is 5.13 Å². The van der Waals surface area contributed by atoms with Gasteiger partial charge >= 0.3 is 0 Å². The molecule has 0 unspecified atom stereocenters. The molecule has 0 aliphatic rings. The third kappa shape index (κ3) is 3.81. The molecule has 0 aromatic carbocycles. The molecule has 0 bridgehead atoms. The molecule has 0 spiro atoms. The Morgan fingerprint density at radius 1 is 1.44 bits per heavy atom. The van der Waals surface area contributed by atoms with Gasteiger partial charge in [0.25, 0.3) is 5.91 Å². The number of nitrogens with zero attached hydrogens (tertiary/aromatic N) is 2. The standard InChI is InChI=1S/C10H14N4O3S/c1-6(15)12-10-13-7(5-18-10)9(17)14(3)4-8(16)11-2/h5H,4H2,1-3H3,(H,11,16)(H,12,13,15). The highest BCUT2D eigenvalue weighted by Crippen LogP contribution is 2.16. The first kappa shape index (κ1) is 14.1. The SMILES string of the molecule is CNC(=O)CN(C)C(=O)c1csc(NC(C)=O)n1. The Balaban J connectivity index is 2.69. The minimum Gasteiger partial charge on any atom is -0.358 e. The summed E-state index contributed by atoms with van der Waals surface area (Å²) in [6.45, 7) is 1.32. The smallest absolute Gasteiger partial charge is 0.273 e. The van der Waals surface area contributed by atoms with E-state index in [0.717, 1.165) is 11.3 Å². The molecule has 0 saturated carbocycles. The predicted octanol–water partition coefficient (Wildman–Crippen LogP) is -0.0805. The molecule has 0 atom stereocenters. The number of hydrogen-bond donors (Lipinski definition) is 2. The molecule has 7 nitrogen and oxygen atoms in total. The lowest BCUT2D eigenvalue weighted by atomic mass is 10.4. The number of hydrogen-bond acceptors (Lipinski definition) is 5. The van der Waals surface area contributed by atoms with Crippen molar-refractivity contribution < 1.29 is 14.4 Å². The van der Waals surface area contributed by atoms with E-state index >= 15 is 0 Å². The zero-order chi connectivity index (χ0) is 13.7. The summed E-state index contributed by atoms with van der Waals surface area (Å²) in [6, 6.07) is 0. The van der Waals surface area contributed by atoms with Gasteiger partial charge in [0.05, 0.1) is 6.54 Å². The third-order valence-corrected chi connectivity index (χ3v) is 2.77. The largest absolute Gasteiger partial charge is 0.358 e. The first-order chi connectivity index (χ1) is 8.43. The first-order valence-electron chi connectivity index (χ1n) is 5.13. The van der Waals surface area contributed by atoms with Crippen molar-refractivity contribution in [3.63, 3.8) is 0 Å². The summed E-state index contributed by atoms with van der Waals surface area (Å²) >= 11 is 1.16. The normalized spacial score (nSPS) is 9.72. The van der Waals surface area contributed by atoms with E-state index in [0.29, 0.717) is 5.13 Å². The van der Waals surface area contributed by atoms with Crippen LogP contribution >= 0.6 is 11.3 Å². The predicted molar refractivity (Wildman–Crippen MR) is 67.4 cm³/mol. The second-order valence-electron chi connectivity index (χ2n) is 3.55. The van der Waals surface area contributed by atoms with Gasteiger partial charge < -0.3 is 15.5 Å². The average Bonchev–Trinajstić information content (AvgIpc) is 2.75. The van der Waals surface area contributed by atoms with E-state index in [4.69, 9.17) is 0 Å². The molecular formula is C10H14N4O3S. The quantitative estimate of drug-likeness (QED) is 0.800. The van der Waals surface area contributed by atoms with Crippen molar-refractivity contribution >= 4 is 34.2 Å². The van der Waals surface area contributed by atoms with Crippen LogP contribution in [0.5, 0.6) is 0 Å². The summed E-state index contributed by atoms with van der Waals surface area (Å²) in [5.74, 6) is -0.878. The van der Waals surface area contributed by atoms with Crippen LogP contribution in [-0.4, -0.2) is 48.2 Å². The van der Waals surface area contributed by atoms with E-state index in [1.165, 1.54) is 31.3 Å². The van der Waals surface area contributed by atoms with Gasteiger partial charge in [-0.1, -0.05) is 0 Å². The molecule has 2 N–H and O–H groups in total. The molecule has 1 rings (SSSR count). The van der Waals surface area contributed by atoms with E-state index in [9.17, 15) is 14.4 Å². The Hall–Kier alpha value is -1.96.